The summed E-state index contributed by atoms with van der Waals surface area (Å²) in [5.74, 6) is -0.0860. The number of aryl methyl sites for hydroxylation is 1. The second-order valence-corrected chi connectivity index (χ2v) is 4.91. The van der Waals surface area contributed by atoms with Gasteiger partial charge in [0.25, 0.3) is 5.91 Å². The Bertz CT molecular complexity index is 573. The molecule has 0 radical (unpaired) electrons. The van der Waals surface area contributed by atoms with Crippen molar-refractivity contribution in [2.45, 2.75) is 26.3 Å². The molecule has 0 heterocycles. The molecule has 0 saturated carbocycles. The molecular formula is C17H20N2O. The van der Waals surface area contributed by atoms with Crippen LogP contribution in [0.3, 0.4) is 0 Å². The summed E-state index contributed by atoms with van der Waals surface area (Å²) in [5.41, 5.74) is 9.29. The van der Waals surface area contributed by atoms with E-state index >= 15 is 0 Å². The van der Waals surface area contributed by atoms with Crippen LogP contribution >= 0.6 is 0 Å². The van der Waals surface area contributed by atoms with Gasteiger partial charge in [0.05, 0.1) is 6.04 Å². The van der Waals surface area contributed by atoms with Crippen molar-refractivity contribution in [2.24, 2.45) is 0 Å². The quantitative estimate of drug-likeness (QED) is 0.836. The molecule has 3 N–H and O–H groups in total. The Morgan fingerprint density at radius 3 is 2.25 bits per heavy atom. The van der Waals surface area contributed by atoms with Crippen molar-refractivity contribution in [3.8, 4) is 0 Å². The Balaban J connectivity index is 2.04. The van der Waals surface area contributed by atoms with Gasteiger partial charge in [0.15, 0.2) is 0 Å². The van der Waals surface area contributed by atoms with Crippen LogP contribution in [0.15, 0.2) is 48.5 Å². The maximum Gasteiger partial charge on any atom is 0.251 e. The number of amides is 1. The van der Waals surface area contributed by atoms with Gasteiger partial charge in [-0.05, 0) is 48.7 Å². The minimum atomic E-state index is -0.0860. The summed E-state index contributed by atoms with van der Waals surface area (Å²) in [5, 5.41) is 2.99. The lowest BCUT2D eigenvalue weighted by molar-refractivity contribution is 0.0940. The van der Waals surface area contributed by atoms with E-state index in [1.165, 1.54) is 5.56 Å². The van der Waals surface area contributed by atoms with Crippen LogP contribution in [0.1, 0.15) is 41.4 Å². The lowest BCUT2D eigenvalue weighted by Gasteiger charge is -2.15. The Labute approximate surface area is 119 Å². The number of nitrogens with two attached hydrogens (primary N) is 1. The molecule has 2 aromatic carbocycles. The van der Waals surface area contributed by atoms with Crippen molar-refractivity contribution in [1.82, 2.24) is 5.32 Å². The Morgan fingerprint density at radius 1 is 1.10 bits per heavy atom. The van der Waals surface area contributed by atoms with Crippen LogP contribution in [-0.2, 0) is 6.42 Å². The molecule has 1 unspecified atom stereocenters. The summed E-state index contributed by atoms with van der Waals surface area (Å²) in [7, 11) is 0. The molecule has 0 aliphatic rings. The number of carbonyl (C=O) groups is 1. The average molecular weight is 268 g/mol. The van der Waals surface area contributed by atoms with Crippen molar-refractivity contribution in [2.75, 3.05) is 5.73 Å². The first kappa shape index (κ1) is 14.1. The fourth-order valence-electron chi connectivity index (χ4n) is 2.04. The molecule has 104 valence electrons. The summed E-state index contributed by atoms with van der Waals surface area (Å²) in [6, 6.07) is 15.2. The van der Waals surface area contributed by atoms with E-state index in [0.717, 1.165) is 12.0 Å². The molecule has 0 spiro atoms. The Hall–Kier alpha value is -2.29. The molecule has 3 heteroatoms. The van der Waals surface area contributed by atoms with Crippen LogP contribution in [0.25, 0.3) is 0 Å². The minimum absolute atomic E-state index is 0.0223. The fourth-order valence-corrected chi connectivity index (χ4v) is 2.04. The Morgan fingerprint density at radius 2 is 1.70 bits per heavy atom. The van der Waals surface area contributed by atoms with Crippen LogP contribution in [0.5, 0.6) is 0 Å². The third-order valence-corrected chi connectivity index (χ3v) is 3.41. The molecular weight excluding hydrogens is 248 g/mol. The predicted molar refractivity (Wildman–Crippen MR) is 82.6 cm³/mol. The number of nitrogen functional groups attached to an aromatic ring is 1. The van der Waals surface area contributed by atoms with Crippen molar-refractivity contribution in [1.29, 1.82) is 0 Å². The zero-order chi connectivity index (χ0) is 14.5. The third kappa shape index (κ3) is 3.38. The van der Waals surface area contributed by atoms with Gasteiger partial charge in [-0.1, -0.05) is 31.2 Å². The van der Waals surface area contributed by atoms with E-state index < -0.39 is 0 Å². The van der Waals surface area contributed by atoms with Gasteiger partial charge in [0.2, 0.25) is 0 Å². The minimum Gasteiger partial charge on any atom is -0.399 e. The standard InChI is InChI=1S/C17H20N2O/c1-3-13-4-6-14(7-5-13)12(2)19-17(20)15-8-10-16(18)11-9-15/h4-12H,3,18H2,1-2H3,(H,19,20). The van der Waals surface area contributed by atoms with Crippen LogP contribution in [-0.4, -0.2) is 5.91 Å². The highest BCUT2D eigenvalue weighted by Crippen LogP contribution is 2.15. The lowest BCUT2D eigenvalue weighted by Crippen LogP contribution is -2.26. The maximum atomic E-state index is 12.1. The van der Waals surface area contributed by atoms with E-state index in [4.69, 9.17) is 5.73 Å². The molecule has 0 aliphatic heterocycles. The molecule has 0 aliphatic carbocycles. The lowest BCUT2D eigenvalue weighted by atomic mass is 10.0. The first-order valence-corrected chi connectivity index (χ1v) is 6.85. The van der Waals surface area contributed by atoms with E-state index in [1.54, 1.807) is 24.3 Å². The first-order chi connectivity index (χ1) is 9.60. The van der Waals surface area contributed by atoms with E-state index in [1.807, 2.05) is 6.92 Å². The zero-order valence-electron chi connectivity index (χ0n) is 11.9. The van der Waals surface area contributed by atoms with Gasteiger partial charge in [-0.2, -0.15) is 0 Å². The molecule has 0 fully saturated rings. The fraction of sp³-hybridized carbons (Fsp3) is 0.235. The topological polar surface area (TPSA) is 55.1 Å². The van der Waals surface area contributed by atoms with Gasteiger partial charge in [-0.15, -0.1) is 0 Å². The molecule has 0 aromatic heterocycles. The monoisotopic (exact) mass is 268 g/mol. The zero-order valence-corrected chi connectivity index (χ0v) is 11.9. The van der Waals surface area contributed by atoms with Crippen LogP contribution in [0, 0.1) is 0 Å². The summed E-state index contributed by atoms with van der Waals surface area (Å²) in [4.78, 5) is 12.1. The molecule has 1 amide bonds. The van der Waals surface area contributed by atoms with Crippen molar-refractivity contribution < 1.29 is 4.79 Å². The van der Waals surface area contributed by atoms with Crippen LogP contribution in [0.2, 0.25) is 0 Å². The molecule has 1 atom stereocenters. The number of nitrogens with one attached hydrogen (secondary N) is 1. The van der Waals surface area contributed by atoms with Crippen molar-refractivity contribution in [3.05, 3.63) is 65.2 Å². The SMILES string of the molecule is CCc1ccc(C(C)NC(=O)c2ccc(N)cc2)cc1. The molecule has 3 nitrogen and oxygen atoms in total. The van der Waals surface area contributed by atoms with Gasteiger partial charge >= 0.3 is 0 Å². The van der Waals surface area contributed by atoms with Crippen molar-refractivity contribution in [3.63, 3.8) is 0 Å². The highest BCUT2D eigenvalue weighted by atomic mass is 16.1. The van der Waals surface area contributed by atoms with Crippen LogP contribution < -0.4 is 11.1 Å². The van der Waals surface area contributed by atoms with Gasteiger partial charge in [-0.3, -0.25) is 4.79 Å². The first-order valence-electron chi connectivity index (χ1n) is 6.85. The number of anilines is 1. The van der Waals surface area contributed by atoms with E-state index in [0.29, 0.717) is 11.3 Å². The van der Waals surface area contributed by atoms with Crippen LogP contribution in [0.4, 0.5) is 5.69 Å². The van der Waals surface area contributed by atoms with E-state index in [2.05, 4.69) is 36.5 Å². The van der Waals surface area contributed by atoms with Crippen molar-refractivity contribution >= 4 is 11.6 Å². The normalized spacial score (nSPS) is 11.9. The molecule has 2 rings (SSSR count). The van der Waals surface area contributed by atoms with Gasteiger partial charge in [0.1, 0.15) is 0 Å². The van der Waals surface area contributed by atoms with Gasteiger partial charge < -0.3 is 11.1 Å². The summed E-state index contributed by atoms with van der Waals surface area (Å²) < 4.78 is 0. The number of rotatable bonds is 4. The largest absolute Gasteiger partial charge is 0.399 e. The number of hydrogen-bond acceptors (Lipinski definition) is 2. The number of carbonyl (C=O) groups excluding carboxylic acids is 1. The molecule has 20 heavy (non-hydrogen) atoms. The second-order valence-electron chi connectivity index (χ2n) is 4.91. The highest BCUT2D eigenvalue weighted by Gasteiger charge is 2.11. The second kappa shape index (κ2) is 6.24. The molecule has 0 bridgehead atoms. The summed E-state index contributed by atoms with van der Waals surface area (Å²) >= 11 is 0. The number of benzene rings is 2. The average Bonchev–Trinajstić information content (AvgIpc) is 2.48. The van der Waals surface area contributed by atoms with E-state index in [9.17, 15) is 4.79 Å². The van der Waals surface area contributed by atoms with E-state index in [-0.39, 0.29) is 11.9 Å². The summed E-state index contributed by atoms with van der Waals surface area (Å²) in [6.07, 6.45) is 1.02. The third-order valence-electron chi connectivity index (χ3n) is 3.41. The molecule has 2 aromatic rings. The smallest absolute Gasteiger partial charge is 0.251 e. The molecule has 0 saturated heterocycles. The number of hydrogen-bond donors (Lipinski definition) is 2. The summed E-state index contributed by atoms with van der Waals surface area (Å²) in [6.45, 7) is 4.11. The predicted octanol–water partition coefficient (Wildman–Crippen LogP) is 3.32. The highest BCUT2D eigenvalue weighted by molar-refractivity contribution is 5.94. The maximum absolute atomic E-state index is 12.1. The Kier molecular flexibility index (Phi) is 4.41. The van der Waals surface area contributed by atoms with Gasteiger partial charge in [-0.25, -0.2) is 0 Å². The van der Waals surface area contributed by atoms with Gasteiger partial charge in [0, 0.05) is 11.3 Å².